The van der Waals surface area contributed by atoms with E-state index in [1.165, 1.54) is 0 Å². The van der Waals surface area contributed by atoms with E-state index < -0.39 is 0 Å². The number of nitrogens with two attached hydrogens (primary N) is 1. The van der Waals surface area contributed by atoms with Crippen molar-refractivity contribution in [1.82, 2.24) is 4.57 Å². The Kier molecular flexibility index (Phi) is 3.99. The Morgan fingerprint density at radius 3 is 2.75 bits per heavy atom. The van der Waals surface area contributed by atoms with E-state index in [0.29, 0.717) is 12.2 Å². The third-order valence-electron chi connectivity index (χ3n) is 3.04. The van der Waals surface area contributed by atoms with Gasteiger partial charge < -0.3 is 20.2 Å². The molecule has 0 aliphatic carbocycles. The molecule has 0 saturated heterocycles. The standard InChI is InChI=1S/C15H21N3O2/c1-15(2,3)20-9-8-18-7-6-11-10-12(14(16)17-19)4-5-13(11)18/h4-7,10,19H,8-9H2,1-3H3,(H2,16,17). The van der Waals surface area contributed by atoms with Gasteiger partial charge in [0.05, 0.1) is 12.2 Å². The number of nitrogens with zero attached hydrogens (tertiary/aromatic N) is 2. The third-order valence-corrected chi connectivity index (χ3v) is 3.04. The lowest BCUT2D eigenvalue weighted by Gasteiger charge is -2.19. The van der Waals surface area contributed by atoms with Gasteiger partial charge in [0.2, 0.25) is 0 Å². The Bertz CT molecular complexity index is 624. The molecule has 2 aromatic rings. The fourth-order valence-electron chi connectivity index (χ4n) is 2.06. The van der Waals surface area contributed by atoms with Crippen LogP contribution in [0.1, 0.15) is 26.3 Å². The molecule has 0 aliphatic rings. The summed E-state index contributed by atoms with van der Waals surface area (Å²) in [6, 6.07) is 7.74. The predicted molar refractivity (Wildman–Crippen MR) is 80.2 cm³/mol. The van der Waals surface area contributed by atoms with Gasteiger partial charge in [0.25, 0.3) is 0 Å². The first-order valence-electron chi connectivity index (χ1n) is 6.61. The monoisotopic (exact) mass is 275 g/mol. The fourth-order valence-corrected chi connectivity index (χ4v) is 2.06. The topological polar surface area (TPSA) is 72.8 Å². The molecule has 5 nitrogen and oxygen atoms in total. The van der Waals surface area contributed by atoms with Gasteiger partial charge in [-0.15, -0.1) is 0 Å². The molecule has 0 spiro atoms. The van der Waals surface area contributed by atoms with Crippen molar-refractivity contribution < 1.29 is 9.94 Å². The molecule has 0 aliphatic heterocycles. The average molecular weight is 275 g/mol. The van der Waals surface area contributed by atoms with Gasteiger partial charge in [-0.05, 0) is 45.0 Å². The van der Waals surface area contributed by atoms with E-state index in [-0.39, 0.29) is 11.4 Å². The van der Waals surface area contributed by atoms with Crippen molar-refractivity contribution in [2.24, 2.45) is 10.9 Å². The summed E-state index contributed by atoms with van der Waals surface area (Å²) in [7, 11) is 0. The largest absolute Gasteiger partial charge is 0.409 e. The van der Waals surface area contributed by atoms with Crippen LogP contribution in [0.4, 0.5) is 0 Å². The zero-order chi connectivity index (χ0) is 14.8. The number of hydrogen-bond donors (Lipinski definition) is 2. The lowest BCUT2D eigenvalue weighted by molar-refractivity contribution is -0.00644. The van der Waals surface area contributed by atoms with E-state index in [1.54, 1.807) is 0 Å². The summed E-state index contributed by atoms with van der Waals surface area (Å²) in [6.07, 6.45) is 2.02. The van der Waals surface area contributed by atoms with E-state index in [0.717, 1.165) is 17.4 Å². The number of aromatic nitrogens is 1. The summed E-state index contributed by atoms with van der Waals surface area (Å²) in [5.41, 5.74) is 7.29. The number of amidine groups is 1. The van der Waals surface area contributed by atoms with Crippen molar-refractivity contribution in [1.29, 1.82) is 0 Å². The molecule has 0 fully saturated rings. The van der Waals surface area contributed by atoms with Crippen molar-refractivity contribution in [3.8, 4) is 0 Å². The van der Waals surface area contributed by atoms with Crippen LogP contribution in [0, 0.1) is 0 Å². The summed E-state index contributed by atoms with van der Waals surface area (Å²) in [6.45, 7) is 7.59. The summed E-state index contributed by atoms with van der Waals surface area (Å²) in [4.78, 5) is 0. The van der Waals surface area contributed by atoms with Gasteiger partial charge in [-0.1, -0.05) is 5.16 Å². The smallest absolute Gasteiger partial charge is 0.170 e. The van der Waals surface area contributed by atoms with Crippen LogP contribution in [0.2, 0.25) is 0 Å². The van der Waals surface area contributed by atoms with Crippen LogP contribution in [-0.2, 0) is 11.3 Å². The second-order valence-electron chi connectivity index (χ2n) is 5.73. The van der Waals surface area contributed by atoms with Gasteiger partial charge in [-0.25, -0.2) is 0 Å². The van der Waals surface area contributed by atoms with Gasteiger partial charge in [0.15, 0.2) is 5.84 Å². The molecule has 1 heterocycles. The van der Waals surface area contributed by atoms with Crippen LogP contribution in [0.15, 0.2) is 35.6 Å². The molecule has 2 rings (SSSR count). The number of fused-ring (bicyclic) bond motifs is 1. The summed E-state index contributed by atoms with van der Waals surface area (Å²) >= 11 is 0. The van der Waals surface area contributed by atoms with Gasteiger partial charge in [0, 0.05) is 29.2 Å². The quantitative estimate of drug-likeness (QED) is 0.390. The molecular formula is C15H21N3O2. The normalized spacial score (nSPS) is 13.1. The first-order chi connectivity index (χ1) is 9.40. The average Bonchev–Trinajstić information content (AvgIpc) is 2.79. The maximum Gasteiger partial charge on any atom is 0.170 e. The highest BCUT2D eigenvalue weighted by atomic mass is 16.5. The van der Waals surface area contributed by atoms with Crippen LogP contribution in [-0.4, -0.2) is 27.8 Å². The van der Waals surface area contributed by atoms with E-state index in [1.807, 2.05) is 51.2 Å². The van der Waals surface area contributed by atoms with Crippen LogP contribution in [0.3, 0.4) is 0 Å². The first kappa shape index (κ1) is 14.4. The SMILES string of the molecule is CC(C)(C)OCCn1ccc2cc(/C(N)=N/O)ccc21. The summed E-state index contributed by atoms with van der Waals surface area (Å²) in [5.74, 6) is 0.121. The van der Waals surface area contributed by atoms with Crippen molar-refractivity contribution in [3.05, 3.63) is 36.0 Å². The Hall–Kier alpha value is -2.01. The highest BCUT2D eigenvalue weighted by Gasteiger charge is 2.10. The molecule has 108 valence electrons. The molecule has 0 saturated carbocycles. The third kappa shape index (κ3) is 3.30. The molecule has 3 N–H and O–H groups in total. The molecule has 20 heavy (non-hydrogen) atoms. The molecule has 1 aromatic heterocycles. The highest BCUT2D eigenvalue weighted by molar-refractivity contribution is 6.00. The Morgan fingerprint density at radius 1 is 1.35 bits per heavy atom. The Labute approximate surface area is 118 Å². The van der Waals surface area contributed by atoms with E-state index in [9.17, 15) is 0 Å². The number of ether oxygens (including phenoxy) is 1. The van der Waals surface area contributed by atoms with Crippen LogP contribution >= 0.6 is 0 Å². The number of benzene rings is 1. The maximum absolute atomic E-state index is 8.70. The van der Waals surface area contributed by atoms with Crippen molar-refractivity contribution >= 4 is 16.7 Å². The zero-order valence-electron chi connectivity index (χ0n) is 12.1. The minimum atomic E-state index is -0.123. The molecule has 5 heteroatoms. The second kappa shape index (κ2) is 5.54. The van der Waals surface area contributed by atoms with Gasteiger partial charge in [-0.3, -0.25) is 0 Å². The molecule has 0 atom stereocenters. The van der Waals surface area contributed by atoms with E-state index >= 15 is 0 Å². The fraction of sp³-hybridized carbons (Fsp3) is 0.400. The van der Waals surface area contributed by atoms with Crippen LogP contribution < -0.4 is 5.73 Å². The van der Waals surface area contributed by atoms with E-state index in [4.69, 9.17) is 15.7 Å². The summed E-state index contributed by atoms with van der Waals surface area (Å²) < 4.78 is 7.87. The minimum absolute atomic E-state index is 0.121. The number of oxime groups is 1. The van der Waals surface area contributed by atoms with Crippen LogP contribution in [0.5, 0.6) is 0 Å². The van der Waals surface area contributed by atoms with E-state index in [2.05, 4.69) is 9.72 Å². The molecule has 0 unspecified atom stereocenters. The van der Waals surface area contributed by atoms with Gasteiger partial charge in [0.1, 0.15) is 0 Å². The molecule has 0 radical (unpaired) electrons. The van der Waals surface area contributed by atoms with Crippen molar-refractivity contribution in [2.45, 2.75) is 32.9 Å². The predicted octanol–water partition coefficient (Wildman–Crippen LogP) is 2.55. The van der Waals surface area contributed by atoms with Gasteiger partial charge >= 0.3 is 0 Å². The molecular weight excluding hydrogens is 254 g/mol. The highest BCUT2D eigenvalue weighted by Crippen LogP contribution is 2.18. The van der Waals surface area contributed by atoms with Gasteiger partial charge in [-0.2, -0.15) is 0 Å². The van der Waals surface area contributed by atoms with Crippen molar-refractivity contribution in [3.63, 3.8) is 0 Å². The lowest BCUT2D eigenvalue weighted by Crippen LogP contribution is -2.21. The molecule has 1 aromatic carbocycles. The number of hydrogen-bond acceptors (Lipinski definition) is 3. The second-order valence-corrected chi connectivity index (χ2v) is 5.73. The van der Waals surface area contributed by atoms with Crippen LogP contribution in [0.25, 0.3) is 10.9 Å². The molecule has 0 amide bonds. The maximum atomic E-state index is 8.70. The minimum Gasteiger partial charge on any atom is -0.409 e. The Balaban J connectivity index is 2.16. The summed E-state index contributed by atoms with van der Waals surface area (Å²) in [5, 5.41) is 12.8. The molecule has 0 bridgehead atoms. The number of rotatable bonds is 4. The lowest BCUT2D eigenvalue weighted by atomic mass is 10.1. The Morgan fingerprint density at radius 2 is 2.10 bits per heavy atom. The first-order valence-corrected chi connectivity index (χ1v) is 6.61. The zero-order valence-corrected chi connectivity index (χ0v) is 12.1. The van der Waals surface area contributed by atoms with Crippen molar-refractivity contribution in [2.75, 3.05) is 6.61 Å².